The number of nitrogens with one attached hydrogen (secondary N) is 2. The summed E-state index contributed by atoms with van der Waals surface area (Å²) in [6, 6.07) is 0.169. The third-order valence-corrected chi connectivity index (χ3v) is 4.36. The summed E-state index contributed by atoms with van der Waals surface area (Å²) in [6.45, 7) is 5.51. The van der Waals surface area contributed by atoms with Crippen molar-refractivity contribution in [2.45, 2.75) is 25.8 Å². The van der Waals surface area contributed by atoms with Crippen LogP contribution < -0.4 is 10.6 Å². The Hall–Kier alpha value is -1.14. The van der Waals surface area contributed by atoms with Crippen LogP contribution >= 0.6 is 0 Å². The van der Waals surface area contributed by atoms with E-state index >= 15 is 0 Å². The van der Waals surface area contributed by atoms with Crippen LogP contribution in [0.15, 0.2) is 0 Å². The Morgan fingerprint density at radius 1 is 1.35 bits per heavy atom. The van der Waals surface area contributed by atoms with Crippen molar-refractivity contribution >= 4 is 11.8 Å². The lowest BCUT2D eigenvalue weighted by molar-refractivity contribution is -0.138. The van der Waals surface area contributed by atoms with Gasteiger partial charge in [-0.1, -0.05) is 6.92 Å². The number of carbonyl (C=O) groups is 2. The molecule has 2 saturated heterocycles. The number of piperidine rings is 1. The van der Waals surface area contributed by atoms with Gasteiger partial charge in [-0.2, -0.15) is 0 Å². The number of methoxy groups -OCH3 is 1. The van der Waals surface area contributed by atoms with Gasteiger partial charge in [0.25, 0.3) is 0 Å². The molecule has 0 aliphatic carbocycles. The lowest BCUT2D eigenvalue weighted by Crippen LogP contribution is -2.53. The first-order chi connectivity index (χ1) is 9.61. The zero-order chi connectivity index (χ0) is 14.5. The molecule has 1 atom stereocenters. The normalized spacial score (nSPS) is 22.2. The van der Waals surface area contributed by atoms with Gasteiger partial charge in [0.2, 0.25) is 11.8 Å². The van der Waals surface area contributed by atoms with Crippen molar-refractivity contribution in [3.8, 4) is 0 Å². The van der Waals surface area contributed by atoms with Gasteiger partial charge in [-0.05, 0) is 31.8 Å². The molecule has 0 aromatic rings. The van der Waals surface area contributed by atoms with Gasteiger partial charge in [-0.3, -0.25) is 9.59 Å². The van der Waals surface area contributed by atoms with Gasteiger partial charge in [0.15, 0.2) is 0 Å². The monoisotopic (exact) mass is 283 g/mol. The summed E-state index contributed by atoms with van der Waals surface area (Å²) >= 11 is 0. The fraction of sp³-hybridized carbons (Fsp3) is 0.857. The minimum atomic E-state index is -0.0776. The van der Waals surface area contributed by atoms with E-state index in [1.807, 2.05) is 11.8 Å². The number of carbonyl (C=O) groups excluding carboxylic acids is 2. The standard InChI is InChI=1S/C14H25N3O3/c1-10(11-7-15-8-11)14(19)17-5-3-12(4-6-17)16-13(18)9-20-2/h10-12,15H,3-9H2,1-2H3,(H,16,18). The first-order valence-electron chi connectivity index (χ1n) is 7.39. The number of hydrogen-bond acceptors (Lipinski definition) is 4. The summed E-state index contributed by atoms with van der Waals surface area (Å²) in [5.41, 5.74) is 0. The molecule has 2 aliphatic heterocycles. The van der Waals surface area contributed by atoms with Crippen LogP contribution in [-0.2, 0) is 14.3 Å². The molecule has 0 aromatic carbocycles. The number of nitrogens with zero attached hydrogens (tertiary/aromatic N) is 1. The smallest absolute Gasteiger partial charge is 0.246 e. The molecule has 20 heavy (non-hydrogen) atoms. The van der Waals surface area contributed by atoms with Crippen molar-refractivity contribution in [2.24, 2.45) is 11.8 Å². The van der Waals surface area contributed by atoms with Gasteiger partial charge in [0.05, 0.1) is 0 Å². The second kappa shape index (κ2) is 7.04. The molecule has 1 unspecified atom stereocenters. The average molecular weight is 283 g/mol. The third kappa shape index (κ3) is 3.70. The van der Waals surface area contributed by atoms with Gasteiger partial charge < -0.3 is 20.3 Å². The highest BCUT2D eigenvalue weighted by Crippen LogP contribution is 2.21. The molecule has 2 N–H and O–H groups in total. The Labute approximate surface area is 120 Å². The third-order valence-electron chi connectivity index (χ3n) is 4.36. The number of amides is 2. The average Bonchev–Trinajstić information content (AvgIpc) is 2.37. The van der Waals surface area contributed by atoms with Crippen molar-refractivity contribution < 1.29 is 14.3 Å². The maximum absolute atomic E-state index is 12.4. The zero-order valence-electron chi connectivity index (χ0n) is 12.4. The van der Waals surface area contributed by atoms with Gasteiger partial charge in [-0.25, -0.2) is 0 Å². The first kappa shape index (κ1) is 15.3. The van der Waals surface area contributed by atoms with Crippen LogP contribution in [0.4, 0.5) is 0 Å². The van der Waals surface area contributed by atoms with E-state index in [0.717, 1.165) is 39.0 Å². The summed E-state index contributed by atoms with van der Waals surface area (Å²) in [7, 11) is 1.51. The molecule has 2 heterocycles. The Morgan fingerprint density at radius 3 is 2.50 bits per heavy atom. The quantitative estimate of drug-likeness (QED) is 0.720. The molecular weight excluding hydrogens is 258 g/mol. The number of likely N-dealkylation sites (tertiary alicyclic amines) is 1. The van der Waals surface area contributed by atoms with Crippen LogP contribution in [0.25, 0.3) is 0 Å². The summed E-state index contributed by atoms with van der Waals surface area (Å²) in [5, 5.41) is 6.15. The van der Waals surface area contributed by atoms with E-state index in [9.17, 15) is 9.59 Å². The van der Waals surface area contributed by atoms with Crippen LogP contribution in [0.5, 0.6) is 0 Å². The highest BCUT2D eigenvalue weighted by molar-refractivity contribution is 5.79. The molecule has 0 saturated carbocycles. The van der Waals surface area contributed by atoms with Crippen molar-refractivity contribution in [2.75, 3.05) is 39.9 Å². The molecule has 0 aromatic heterocycles. The van der Waals surface area contributed by atoms with Crippen molar-refractivity contribution in [3.05, 3.63) is 0 Å². The van der Waals surface area contributed by atoms with E-state index < -0.39 is 0 Å². The van der Waals surface area contributed by atoms with E-state index in [-0.39, 0.29) is 30.4 Å². The molecule has 2 aliphatic rings. The van der Waals surface area contributed by atoms with E-state index in [1.54, 1.807) is 0 Å². The first-order valence-corrected chi connectivity index (χ1v) is 7.39. The summed E-state index contributed by atoms with van der Waals surface area (Å²) in [5.74, 6) is 0.780. The number of ether oxygens (including phenoxy) is 1. The van der Waals surface area contributed by atoms with Crippen molar-refractivity contribution in [3.63, 3.8) is 0 Å². The Bertz CT molecular complexity index is 350. The van der Waals surface area contributed by atoms with Crippen molar-refractivity contribution in [1.82, 2.24) is 15.5 Å². The summed E-state index contributed by atoms with van der Waals surface area (Å²) in [4.78, 5) is 25.7. The predicted octanol–water partition coefficient (Wildman–Crippen LogP) is -0.404. The molecule has 2 rings (SSSR count). The van der Waals surface area contributed by atoms with Gasteiger partial charge >= 0.3 is 0 Å². The molecule has 2 amide bonds. The molecule has 2 fully saturated rings. The lowest BCUT2D eigenvalue weighted by atomic mass is 9.87. The Morgan fingerprint density at radius 2 is 2.00 bits per heavy atom. The topological polar surface area (TPSA) is 70.7 Å². The van der Waals surface area contributed by atoms with Gasteiger partial charge in [0, 0.05) is 32.2 Å². The lowest BCUT2D eigenvalue weighted by Gasteiger charge is -2.38. The SMILES string of the molecule is COCC(=O)NC1CCN(C(=O)C(C)C2CNC2)CC1. The Balaban J connectivity index is 1.73. The second-order valence-corrected chi connectivity index (χ2v) is 5.81. The minimum absolute atomic E-state index is 0.0776. The Kier molecular flexibility index (Phi) is 5.37. The minimum Gasteiger partial charge on any atom is -0.375 e. The highest BCUT2D eigenvalue weighted by atomic mass is 16.5. The van der Waals surface area contributed by atoms with Crippen LogP contribution in [0.1, 0.15) is 19.8 Å². The van der Waals surface area contributed by atoms with Crippen molar-refractivity contribution in [1.29, 1.82) is 0 Å². The van der Waals surface area contributed by atoms with Gasteiger partial charge in [0.1, 0.15) is 6.61 Å². The summed E-state index contributed by atoms with van der Waals surface area (Å²) in [6.07, 6.45) is 1.66. The summed E-state index contributed by atoms with van der Waals surface area (Å²) < 4.78 is 4.80. The van der Waals surface area contributed by atoms with Crippen LogP contribution in [0, 0.1) is 11.8 Å². The molecule has 0 spiro atoms. The highest BCUT2D eigenvalue weighted by Gasteiger charge is 2.33. The zero-order valence-corrected chi connectivity index (χ0v) is 12.4. The fourth-order valence-corrected chi connectivity index (χ4v) is 2.80. The maximum Gasteiger partial charge on any atom is 0.246 e. The number of rotatable bonds is 5. The van der Waals surface area contributed by atoms with Crippen LogP contribution in [-0.4, -0.2) is 62.7 Å². The van der Waals surface area contributed by atoms with Crippen LogP contribution in [0.3, 0.4) is 0 Å². The molecule has 0 bridgehead atoms. The molecule has 0 radical (unpaired) electrons. The maximum atomic E-state index is 12.4. The predicted molar refractivity (Wildman–Crippen MR) is 75.1 cm³/mol. The largest absolute Gasteiger partial charge is 0.375 e. The molecule has 6 heteroatoms. The van der Waals surface area contributed by atoms with E-state index in [2.05, 4.69) is 10.6 Å². The molecular formula is C14H25N3O3. The fourth-order valence-electron chi connectivity index (χ4n) is 2.80. The van der Waals surface area contributed by atoms with Gasteiger partial charge in [-0.15, -0.1) is 0 Å². The van der Waals surface area contributed by atoms with E-state index in [1.165, 1.54) is 7.11 Å². The molecule has 114 valence electrons. The second-order valence-electron chi connectivity index (χ2n) is 5.81. The van der Waals surface area contributed by atoms with Crippen LogP contribution in [0.2, 0.25) is 0 Å². The molecule has 6 nitrogen and oxygen atoms in total. The van der Waals surface area contributed by atoms with E-state index in [4.69, 9.17) is 4.74 Å². The number of hydrogen-bond donors (Lipinski definition) is 2. The van der Waals surface area contributed by atoms with E-state index in [0.29, 0.717) is 5.92 Å².